The average molecular weight is 253 g/mol. The molecule has 104 valence electrons. The molecule has 2 rings (SSSR count). The lowest BCUT2D eigenvalue weighted by Gasteiger charge is -2.24. The van der Waals surface area contributed by atoms with Gasteiger partial charge in [0.05, 0.1) is 6.61 Å². The van der Waals surface area contributed by atoms with Crippen LogP contribution in [0.25, 0.3) is 0 Å². The summed E-state index contributed by atoms with van der Waals surface area (Å²) in [6.07, 6.45) is 5.28. The summed E-state index contributed by atoms with van der Waals surface area (Å²) in [4.78, 5) is 6.99. The first kappa shape index (κ1) is 13.7. The Morgan fingerprint density at radius 2 is 2.17 bits per heavy atom. The molecular weight excluding hydrogens is 226 g/mol. The Labute approximate surface area is 111 Å². The summed E-state index contributed by atoms with van der Waals surface area (Å²) < 4.78 is 5.43. The molecule has 0 aromatic heterocycles. The van der Waals surface area contributed by atoms with Crippen molar-refractivity contribution in [3.05, 3.63) is 0 Å². The summed E-state index contributed by atoms with van der Waals surface area (Å²) in [5, 5.41) is 3.39. The zero-order valence-electron chi connectivity index (χ0n) is 11.8. The van der Waals surface area contributed by atoms with Gasteiger partial charge < -0.3 is 15.0 Å². The van der Waals surface area contributed by atoms with Crippen molar-refractivity contribution < 1.29 is 4.74 Å². The highest BCUT2D eigenvalue weighted by atomic mass is 16.5. The number of nitrogens with one attached hydrogen (secondary N) is 1. The molecule has 4 heteroatoms. The minimum atomic E-state index is 0.669. The Kier molecular flexibility index (Phi) is 5.29. The molecule has 1 aliphatic carbocycles. The maximum absolute atomic E-state index is 5.43. The van der Waals surface area contributed by atoms with Gasteiger partial charge >= 0.3 is 0 Å². The van der Waals surface area contributed by atoms with Gasteiger partial charge in [-0.2, -0.15) is 0 Å². The van der Waals surface area contributed by atoms with E-state index in [1.54, 1.807) is 0 Å². The third kappa shape index (κ3) is 4.48. The molecule has 2 aliphatic rings. The number of ether oxygens (including phenoxy) is 1. The fourth-order valence-corrected chi connectivity index (χ4v) is 2.43. The van der Waals surface area contributed by atoms with Crippen LogP contribution >= 0.6 is 0 Å². The first-order chi connectivity index (χ1) is 8.79. The molecule has 1 aliphatic heterocycles. The van der Waals surface area contributed by atoms with E-state index in [9.17, 15) is 0 Å². The predicted octanol–water partition coefficient (Wildman–Crippen LogP) is 1.72. The summed E-state index contributed by atoms with van der Waals surface area (Å²) in [7, 11) is 2.14. The van der Waals surface area contributed by atoms with E-state index in [0.29, 0.717) is 5.92 Å². The van der Waals surface area contributed by atoms with Gasteiger partial charge in [0.25, 0.3) is 0 Å². The van der Waals surface area contributed by atoms with Crippen molar-refractivity contribution in [2.24, 2.45) is 16.8 Å². The monoisotopic (exact) mass is 253 g/mol. The summed E-state index contributed by atoms with van der Waals surface area (Å²) >= 11 is 0. The third-order valence-electron chi connectivity index (χ3n) is 3.75. The smallest absolute Gasteiger partial charge is 0.193 e. The van der Waals surface area contributed by atoms with Crippen LogP contribution in [0.4, 0.5) is 0 Å². The van der Waals surface area contributed by atoms with E-state index >= 15 is 0 Å². The minimum absolute atomic E-state index is 0.669. The van der Waals surface area contributed by atoms with Crippen LogP contribution in [0, 0.1) is 11.8 Å². The summed E-state index contributed by atoms with van der Waals surface area (Å²) in [6.45, 7) is 6.92. The van der Waals surface area contributed by atoms with Crippen LogP contribution in [-0.4, -0.2) is 50.8 Å². The summed E-state index contributed by atoms with van der Waals surface area (Å²) in [5.41, 5.74) is 0. The van der Waals surface area contributed by atoms with Crippen LogP contribution in [-0.2, 0) is 4.74 Å². The molecule has 0 spiro atoms. The summed E-state index contributed by atoms with van der Waals surface area (Å²) in [6, 6.07) is 0. The molecule has 0 amide bonds. The van der Waals surface area contributed by atoms with Crippen molar-refractivity contribution in [3.8, 4) is 0 Å². The lowest BCUT2D eigenvalue weighted by molar-refractivity contribution is 0.181. The third-order valence-corrected chi connectivity index (χ3v) is 3.75. The average Bonchev–Trinajstić information content (AvgIpc) is 3.04. The number of hydrogen-bond acceptors (Lipinski definition) is 2. The predicted molar refractivity (Wildman–Crippen MR) is 74.9 cm³/mol. The van der Waals surface area contributed by atoms with E-state index < -0.39 is 0 Å². The molecule has 1 heterocycles. The zero-order valence-corrected chi connectivity index (χ0v) is 11.8. The molecule has 1 saturated carbocycles. The van der Waals surface area contributed by atoms with E-state index in [1.165, 1.54) is 25.7 Å². The standard InChI is InChI=1S/C14H27N3O/c1-3-15-14(16-8-6-12-4-5-12)17(2)10-13-7-9-18-11-13/h12-13H,3-11H2,1-2H3,(H,15,16). The van der Waals surface area contributed by atoms with Crippen molar-refractivity contribution in [2.45, 2.75) is 32.6 Å². The minimum Gasteiger partial charge on any atom is -0.381 e. The number of nitrogens with zero attached hydrogens (tertiary/aromatic N) is 2. The van der Waals surface area contributed by atoms with Gasteiger partial charge in [0, 0.05) is 39.2 Å². The highest BCUT2D eigenvalue weighted by Gasteiger charge is 2.21. The quantitative estimate of drug-likeness (QED) is 0.578. The first-order valence-electron chi connectivity index (χ1n) is 7.36. The number of rotatable bonds is 6. The fraction of sp³-hybridized carbons (Fsp3) is 0.929. The lowest BCUT2D eigenvalue weighted by atomic mass is 10.1. The van der Waals surface area contributed by atoms with Gasteiger partial charge in [-0.15, -0.1) is 0 Å². The normalized spacial score (nSPS) is 24.3. The Morgan fingerprint density at radius 3 is 2.78 bits per heavy atom. The Morgan fingerprint density at radius 1 is 1.33 bits per heavy atom. The molecule has 18 heavy (non-hydrogen) atoms. The number of hydrogen-bond donors (Lipinski definition) is 1. The molecular formula is C14H27N3O. The second-order valence-electron chi connectivity index (χ2n) is 5.58. The lowest BCUT2D eigenvalue weighted by Crippen LogP contribution is -2.41. The maximum atomic E-state index is 5.43. The maximum Gasteiger partial charge on any atom is 0.193 e. The number of aliphatic imine (C=N–C) groups is 1. The zero-order chi connectivity index (χ0) is 12.8. The van der Waals surface area contributed by atoms with Gasteiger partial charge in [-0.05, 0) is 25.7 Å². The highest BCUT2D eigenvalue weighted by Crippen LogP contribution is 2.32. The van der Waals surface area contributed by atoms with E-state index in [4.69, 9.17) is 9.73 Å². The van der Waals surface area contributed by atoms with E-state index in [0.717, 1.165) is 44.7 Å². The van der Waals surface area contributed by atoms with E-state index in [2.05, 4.69) is 24.2 Å². The first-order valence-corrected chi connectivity index (χ1v) is 7.36. The van der Waals surface area contributed by atoms with Gasteiger partial charge in [-0.3, -0.25) is 4.99 Å². The van der Waals surface area contributed by atoms with Crippen molar-refractivity contribution in [1.82, 2.24) is 10.2 Å². The largest absolute Gasteiger partial charge is 0.381 e. The van der Waals surface area contributed by atoms with Crippen LogP contribution in [0.2, 0.25) is 0 Å². The molecule has 4 nitrogen and oxygen atoms in total. The molecule has 0 aromatic carbocycles. The molecule has 0 aromatic rings. The van der Waals surface area contributed by atoms with Gasteiger partial charge in [-0.1, -0.05) is 12.8 Å². The summed E-state index contributed by atoms with van der Waals surface area (Å²) in [5.74, 6) is 2.69. The molecule has 1 N–H and O–H groups in total. The second-order valence-corrected chi connectivity index (χ2v) is 5.58. The SMILES string of the molecule is CCNC(=NCCC1CC1)N(C)CC1CCOC1. The van der Waals surface area contributed by atoms with E-state index in [-0.39, 0.29) is 0 Å². The molecule has 1 atom stereocenters. The Balaban J connectivity index is 1.77. The second kappa shape index (κ2) is 6.98. The van der Waals surface area contributed by atoms with Gasteiger partial charge in [0.2, 0.25) is 0 Å². The van der Waals surface area contributed by atoms with Crippen LogP contribution in [0.5, 0.6) is 0 Å². The highest BCUT2D eigenvalue weighted by molar-refractivity contribution is 5.79. The van der Waals surface area contributed by atoms with Gasteiger partial charge in [0.15, 0.2) is 5.96 Å². The molecule has 1 unspecified atom stereocenters. The van der Waals surface area contributed by atoms with Crippen LogP contribution in [0.15, 0.2) is 4.99 Å². The van der Waals surface area contributed by atoms with Crippen molar-refractivity contribution in [2.75, 3.05) is 39.9 Å². The van der Waals surface area contributed by atoms with E-state index in [1.807, 2.05) is 0 Å². The Hall–Kier alpha value is -0.770. The van der Waals surface area contributed by atoms with Crippen molar-refractivity contribution in [1.29, 1.82) is 0 Å². The van der Waals surface area contributed by atoms with Crippen molar-refractivity contribution in [3.63, 3.8) is 0 Å². The molecule has 1 saturated heterocycles. The molecule has 2 fully saturated rings. The van der Waals surface area contributed by atoms with Crippen LogP contribution in [0.1, 0.15) is 32.6 Å². The fourth-order valence-electron chi connectivity index (χ4n) is 2.43. The topological polar surface area (TPSA) is 36.9 Å². The van der Waals surface area contributed by atoms with Crippen LogP contribution in [0.3, 0.4) is 0 Å². The number of guanidine groups is 1. The van der Waals surface area contributed by atoms with Crippen LogP contribution < -0.4 is 5.32 Å². The molecule has 0 bridgehead atoms. The van der Waals surface area contributed by atoms with Gasteiger partial charge in [-0.25, -0.2) is 0 Å². The van der Waals surface area contributed by atoms with Crippen molar-refractivity contribution >= 4 is 5.96 Å². The molecule has 0 radical (unpaired) electrons. The van der Waals surface area contributed by atoms with Gasteiger partial charge in [0.1, 0.15) is 0 Å². The Bertz CT molecular complexity index is 270.